The van der Waals surface area contributed by atoms with Gasteiger partial charge in [-0.2, -0.15) is 0 Å². The molecule has 36 heavy (non-hydrogen) atoms. The van der Waals surface area contributed by atoms with Crippen LogP contribution in [0.15, 0.2) is 0 Å². The monoisotopic (exact) mass is 526 g/mol. The van der Waals surface area contributed by atoms with E-state index < -0.39 is 13.5 Å². The van der Waals surface area contributed by atoms with Gasteiger partial charge in [0.25, 0.3) is 0 Å². The molecule has 4 aliphatic carbocycles. The zero-order chi connectivity index (χ0) is 26.5. The molecule has 4 rings (SSSR count). The second-order valence-electron chi connectivity index (χ2n) is 15.3. The van der Waals surface area contributed by atoms with Gasteiger partial charge in [0.1, 0.15) is 0 Å². The predicted octanol–water partition coefficient (Wildman–Crippen LogP) is 10.4. The highest BCUT2D eigenvalue weighted by Gasteiger charge is 2.60. The van der Waals surface area contributed by atoms with Crippen molar-refractivity contribution in [3.63, 3.8) is 0 Å². The van der Waals surface area contributed by atoms with E-state index in [4.69, 9.17) is 9.05 Å². The van der Waals surface area contributed by atoms with Crippen molar-refractivity contribution < 1.29 is 17.8 Å². The molecule has 0 N–H and O–H groups in total. The van der Waals surface area contributed by atoms with Crippen LogP contribution in [0.25, 0.3) is 0 Å². The average molecular weight is 527 g/mol. The third-order valence-electron chi connectivity index (χ3n) is 11.5. The Kier molecular flexibility index (Phi) is 8.54. The Morgan fingerprint density at radius 1 is 0.917 bits per heavy atom. The van der Waals surface area contributed by atoms with Crippen LogP contribution in [-0.4, -0.2) is 11.7 Å². The fourth-order valence-corrected chi connectivity index (χ4v) is 11.1. The lowest BCUT2D eigenvalue weighted by Gasteiger charge is -2.61. The molecule has 0 aromatic heterocycles. The van der Waals surface area contributed by atoms with Crippen LogP contribution >= 0.6 is 7.91 Å². The average Bonchev–Trinajstić information content (AvgIpc) is 3.09. The maximum atomic E-state index is 14.7. The summed E-state index contributed by atoms with van der Waals surface area (Å²) in [5.74, 6) is 5.63. The van der Waals surface area contributed by atoms with E-state index in [-0.39, 0.29) is 6.10 Å². The Balaban J connectivity index is 1.40. The zero-order valence-electron chi connectivity index (χ0n) is 24.7. The summed E-state index contributed by atoms with van der Waals surface area (Å²) in [6.07, 6.45) is 14.7. The molecule has 0 saturated heterocycles. The standard InChI is InChI=1S/C31H56FO3P/c1-21(2)10-9-11-22(3)26-14-15-27-25-13-12-23-20-24(34-36(32,33)35-29(4,5)6)16-18-30(23,7)28(25)17-19-31(26,27)8/h21-28H,9-20H2,1-8H3/t22-,23?,24+,25+,26-,27+,28+,30+,31-,36?/m1/s1. The van der Waals surface area contributed by atoms with Crippen molar-refractivity contribution in [2.45, 2.75) is 144 Å². The van der Waals surface area contributed by atoms with Gasteiger partial charge in [-0.25, -0.2) is 4.57 Å². The maximum Gasteiger partial charge on any atom is 0.513 e. The molecule has 4 fully saturated rings. The van der Waals surface area contributed by atoms with Gasteiger partial charge in [0.15, 0.2) is 0 Å². The second kappa shape index (κ2) is 10.6. The summed E-state index contributed by atoms with van der Waals surface area (Å²) in [6, 6.07) is 0. The molecule has 5 heteroatoms. The Bertz CT molecular complexity index is 808. The number of halogens is 1. The van der Waals surface area contributed by atoms with Crippen LogP contribution in [0.1, 0.15) is 132 Å². The van der Waals surface area contributed by atoms with Gasteiger partial charge in [0.2, 0.25) is 0 Å². The fraction of sp³-hybridized carbons (Fsp3) is 1.00. The Labute approximate surface area is 222 Å². The molecule has 0 heterocycles. The minimum Gasteiger partial charge on any atom is -0.280 e. The van der Waals surface area contributed by atoms with Crippen molar-refractivity contribution in [1.82, 2.24) is 0 Å². The van der Waals surface area contributed by atoms with Crippen molar-refractivity contribution in [2.24, 2.45) is 52.3 Å². The van der Waals surface area contributed by atoms with Crippen molar-refractivity contribution in [3.05, 3.63) is 0 Å². The van der Waals surface area contributed by atoms with Crippen molar-refractivity contribution in [3.8, 4) is 0 Å². The summed E-state index contributed by atoms with van der Waals surface area (Å²) < 4.78 is 37.8. The summed E-state index contributed by atoms with van der Waals surface area (Å²) in [5.41, 5.74) is 0.0225. The quantitative estimate of drug-likeness (QED) is 0.295. The molecule has 0 aliphatic heterocycles. The lowest BCUT2D eigenvalue weighted by molar-refractivity contribution is -0.128. The number of hydrogen-bond donors (Lipinski definition) is 0. The normalized spacial score (nSPS) is 43.4. The van der Waals surface area contributed by atoms with E-state index in [2.05, 4.69) is 34.6 Å². The minimum absolute atomic E-state index is 0.283. The van der Waals surface area contributed by atoms with E-state index in [0.717, 1.165) is 54.8 Å². The lowest BCUT2D eigenvalue weighted by atomic mass is 9.44. The molecule has 0 aromatic rings. The largest absolute Gasteiger partial charge is 0.513 e. The molecule has 10 atom stereocenters. The fourth-order valence-electron chi connectivity index (χ4n) is 9.87. The molecule has 0 radical (unpaired) electrons. The summed E-state index contributed by atoms with van der Waals surface area (Å²) >= 11 is 0. The second-order valence-corrected chi connectivity index (χ2v) is 16.6. The van der Waals surface area contributed by atoms with Gasteiger partial charge in [0, 0.05) is 0 Å². The van der Waals surface area contributed by atoms with Gasteiger partial charge in [0.05, 0.1) is 11.7 Å². The van der Waals surface area contributed by atoms with E-state index in [9.17, 15) is 8.76 Å². The van der Waals surface area contributed by atoms with E-state index >= 15 is 0 Å². The van der Waals surface area contributed by atoms with Crippen molar-refractivity contribution in [2.75, 3.05) is 0 Å². The first-order valence-corrected chi connectivity index (χ1v) is 16.8. The van der Waals surface area contributed by atoms with Crippen LogP contribution in [0, 0.1) is 52.3 Å². The molecular weight excluding hydrogens is 470 g/mol. The lowest BCUT2D eigenvalue weighted by Crippen LogP contribution is -2.54. The summed E-state index contributed by atoms with van der Waals surface area (Å²) in [6.45, 7) is 17.6. The Morgan fingerprint density at radius 2 is 1.58 bits per heavy atom. The van der Waals surface area contributed by atoms with E-state index in [1.165, 1.54) is 57.8 Å². The first kappa shape index (κ1) is 29.1. The van der Waals surface area contributed by atoms with Crippen molar-refractivity contribution >= 4 is 7.91 Å². The van der Waals surface area contributed by atoms with Crippen molar-refractivity contribution in [1.29, 1.82) is 0 Å². The molecule has 4 aliphatic rings. The zero-order valence-corrected chi connectivity index (χ0v) is 25.5. The number of fused-ring (bicyclic) bond motifs is 5. The molecule has 0 amide bonds. The molecule has 0 bridgehead atoms. The van der Waals surface area contributed by atoms with Crippen LogP contribution in [0.3, 0.4) is 0 Å². The third kappa shape index (κ3) is 5.96. The van der Waals surface area contributed by atoms with Crippen LogP contribution in [0.4, 0.5) is 4.20 Å². The molecule has 0 spiro atoms. The minimum atomic E-state index is -4.53. The topological polar surface area (TPSA) is 35.5 Å². The Hall–Kier alpha value is 0.0800. The number of rotatable bonds is 8. The van der Waals surface area contributed by atoms with Gasteiger partial charge in [-0.15, -0.1) is 4.20 Å². The molecule has 2 unspecified atom stereocenters. The highest BCUT2D eigenvalue weighted by atomic mass is 31.2. The molecular formula is C31H56FO3P. The van der Waals surface area contributed by atoms with Crippen LogP contribution in [0.5, 0.6) is 0 Å². The SMILES string of the molecule is CC(C)CCC[C@@H](C)[C@H]1CC[C@H]2[C@@H]3CCC4C[C@@H](OP(=O)(F)OC(C)(C)C)CC[C@]4(C)[C@H]3CC[C@]12C. The van der Waals surface area contributed by atoms with Crippen LogP contribution < -0.4 is 0 Å². The first-order valence-electron chi connectivity index (χ1n) is 15.3. The molecule has 210 valence electrons. The van der Waals surface area contributed by atoms with Gasteiger partial charge in [-0.3, -0.25) is 9.05 Å². The van der Waals surface area contributed by atoms with E-state index in [1.807, 2.05) is 0 Å². The van der Waals surface area contributed by atoms with E-state index in [1.54, 1.807) is 20.8 Å². The third-order valence-corrected chi connectivity index (χ3v) is 12.8. The van der Waals surface area contributed by atoms with Crippen LogP contribution in [-0.2, 0) is 13.6 Å². The maximum absolute atomic E-state index is 14.7. The van der Waals surface area contributed by atoms with Gasteiger partial charge < -0.3 is 0 Å². The highest BCUT2D eigenvalue weighted by Crippen LogP contribution is 2.69. The van der Waals surface area contributed by atoms with Gasteiger partial charge >= 0.3 is 7.91 Å². The smallest absolute Gasteiger partial charge is 0.280 e. The first-order chi connectivity index (χ1) is 16.6. The van der Waals surface area contributed by atoms with E-state index in [0.29, 0.717) is 16.7 Å². The van der Waals surface area contributed by atoms with Gasteiger partial charge in [-0.05, 0) is 131 Å². The molecule has 0 aromatic carbocycles. The number of hydrogen-bond acceptors (Lipinski definition) is 3. The summed E-state index contributed by atoms with van der Waals surface area (Å²) in [4.78, 5) is 0. The summed E-state index contributed by atoms with van der Waals surface area (Å²) in [7, 11) is -4.53. The molecule has 4 saturated carbocycles. The highest BCUT2D eigenvalue weighted by molar-refractivity contribution is 7.48. The molecule has 3 nitrogen and oxygen atoms in total. The van der Waals surface area contributed by atoms with Gasteiger partial charge in [-0.1, -0.05) is 53.9 Å². The Morgan fingerprint density at radius 3 is 2.25 bits per heavy atom. The summed E-state index contributed by atoms with van der Waals surface area (Å²) in [5, 5.41) is 0. The predicted molar refractivity (Wildman–Crippen MR) is 147 cm³/mol. The van der Waals surface area contributed by atoms with Crippen LogP contribution in [0.2, 0.25) is 0 Å².